The molecule has 0 saturated heterocycles. The summed E-state index contributed by atoms with van der Waals surface area (Å²) in [6.07, 6.45) is 0. The Labute approximate surface area is 149 Å². The highest BCUT2D eigenvalue weighted by molar-refractivity contribution is 8.00. The summed E-state index contributed by atoms with van der Waals surface area (Å²) in [7, 11) is 3.09. The van der Waals surface area contributed by atoms with Crippen molar-refractivity contribution in [3.05, 3.63) is 42.0 Å². The number of hydrogen-bond donors (Lipinski definition) is 2. The van der Waals surface area contributed by atoms with Crippen molar-refractivity contribution in [1.29, 1.82) is 0 Å². The minimum Gasteiger partial charge on any atom is -0.497 e. The maximum Gasteiger partial charge on any atom is 0.255 e. The highest BCUT2D eigenvalue weighted by Crippen LogP contribution is 2.36. The molecule has 2 aromatic rings. The lowest BCUT2D eigenvalue weighted by atomic mass is 10.1. The molecule has 7 heteroatoms. The number of anilines is 2. The van der Waals surface area contributed by atoms with E-state index in [2.05, 4.69) is 10.6 Å². The number of carbonyl (C=O) groups excluding carboxylic acids is 2. The average molecular weight is 358 g/mol. The van der Waals surface area contributed by atoms with Gasteiger partial charge in [0.1, 0.15) is 11.5 Å². The van der Waals surface area contributed by atoms with Crippen molar-refractivity contribution in [2.24, 2.45) is 0 Å². The lowest BCUT2D eigenvalue weighted by Gasteiger charge is -2.21. The van der Waals surface area contributed by atoms with Crippen LogP contribution >= 0.6 is 11.8 Å². The molecule has 0 aliphatic carbocycles. The first-order valence-electron chi connectivity index (χ1n) is 7.66. The Balaban J connectivity index is 1.85. The summed E-state index contributed by atoms with van der Waals surface area (Å²) in [6.45, 7) is 1.85. The molecular formula is C18H18N2O4S. The monoisotopic (exact) mass is 358 g/mol. The number of carbonyl (C=O) groups is 2. The first-order valence-corrected chi connectivity index (χ1v) is 8.54. The van der Waals surface area contributed by atoms with Gasteiger partial charge in [0.05, 0.1) is 30.8 Å². The maximum absolute atomic E-state index is 12.6. The van der Waals surface area contributed by atoms with Crippen LogP contribution in [0.2, 0.25) is 0 Å². The Kier molecular flexibility index (Phi) is 4.85. The molecule has 2 amide bonds. The molecule has 2 aromatic carbocycles. The van der Waals surface area contributed by atoms with Gasteiger partial charge in [-0.25, -0.2) is 0 Å². The Hall–Kier alpha value is -2.67. The normalized spacial score (nSPS) is 15.8. The molecule has 25 heavy (non-hydrogen) atoms. The minimum absolute atomic E-state index is 0.0653. The van der Waals surface area contributed by atoms with Crippen molar-refractivity contribution in [2.45, 2.75) is 17.1 Å². The van der Waals surface area contributed by atoms with Gasteiger partial charge in [0.2, 0.25) is 5.91 Å². The predicted molar refractivity (Wildman–Crippen MR) is 97.9 cm³/mol. The zero-order valence-corrected chi connectivity index (χ0v) is 14.9. The summed E-state index contributed by atoms with van der Waals surface area (Å²) in [4.78, 5) is 25.4. The summed E-state index contributed by atoms with van der Waals surface area (Å²) >= 11 is 1.48. The number of rotatable bonds is 4. The quantitative estimate of drug-likeness (QED) is 0.876. The third-order valence-corrected chi connectivity index (χ3v) is 5.00. The van der Waals surface area contributed by atoms with E-state index in [1.165, 1.54) is 18.9 Å². The summed E-state index contributed by atoms with van der Waals surface area (Å²) < 4.78 is 10.4. The molecule has 3 rings (SSSR count). The van der Waals surface area contributed by atoms with Crippen molar-refractivity contribution in [3.63, 3.8) is 0 Å². The molecule has 0 saturated carbocycles. The number of thioether (sulfide) groups is 1. The van der Waals surface area contributed by atoms with Crippen molar-refractivity contribution < 1.29 is 19.1 Å². The van der Waals surface area contributed by atoms with Crippen LogP contribution in [-0.4, -0.2) is 31.3 Å². The molecule has 1 atom stereocenters. The molecule has 0 spiro atoms. The SMILES string of the molecule is COc1ccc(OC)c(NC(=O)c2ccc3c(c2)NC(=O)[C@H](C)S3)c1. The number of amides is 2. The van der Waals surface area contributed by atoms with Crippen LogP contribution in [0.1, 0.15) is 17.3 Å². The number of benzene rings is 2. The van der Waals surface area contributed by atoms with Gasteiger partial charge in [-0.1, -0.05) is 0 Å². The van der Waals surface area contributed by atoms with Crippen LogP contribution in [0.15, 0.2) is 41.3 Å². The zero-order valence-electron chi connectivity index (χ0n) is 14.1. The fourth-order valence-corrected chi connectivity index (χ4v) is 3.39. The molecule has 130 valence electrons. The lowest BCUT2D eigenvalue weighted by Crippen LogP contribution is -2.26. The molecule has 0 bridgehead atoms. The smallest absolute Gasteiger partial charge is 0.255 e. The van der Waals surface area contributed by atoms with Gasteiger partial charge >= 0.3 is 0 Å². The van der Waals surface area contributed by atoms with Crippen molar-refractivity contribution >= 4 is 35.0 Å². The van der Waals surface area contributed by atoms with E-state index >= 15 is 0 Å². The summed E-state index contributed by atoms with van der Waals surface area (Å²) in [5.74, 6) is 0.778. The van der Waals surface area contributed by atoms with Gasteiger partial charge in [-0.3, -0.25) is 9.59 Å². The maximum atomic E-state index is 12.6. The first kappa shape index (κ1) is 17.2. The van der Waals surface area contributed by atoms with Crippen molar-refractivity contribution in [3.8, 4) is 11.5 Å². The second-order valence-corrected chi connectivity index (χ2v) is 6.86. The van der Waals surface area contributed by atoms with E-state index in [1.807, 2.05) is 13.0 Å². The zero-order chi connectivity index (χ0) is 18.0. The van der Waals surface area contributed by atoms with Crippen molar-refractivity contribution in [2.75, 3.05) is 24.9 Å². The second-order valence-electron chi connectivity index (χ2n) is 5.48. The van der Waals surface area contributed by atoms with Gasteiger partial charge in [0.15, 0.2) is 0 Å². The lowest BCUT2D eigenvalue weighted by molar-refractivity contribution is -0.115. The van der Waals surface area contributed by atoms with Crippen LogP contribution in [0, 0.1) is 0 Å². The Morgan fingerprint density at radius 2 is 1.96 bits per heavy atom. The molecule has 6 nitrogen and oxygen atoms in total. The van der Waals surface area contributed by atoms with E-state index in [0.717, 1.165) is 4.90 Å². The molecule has 2 N–H and O–H groups in total. The molecule has 0 fully saturated rings. The second kappa shape index (κ2) is 7.06. The van der Waals surface area contributed by atoms with Gasteiger partial charge in [0.25, 0.3) is 5.91 Å². The van der Waals surface area contributed by atoms with Crippen LogP contribution in [0.5, 0.6) is 11.5 Å². The molecule has 0 aromatic heterocycles. The fourth-order valence-electron chi connectivity index (χ4n) is 2.46. The number of methoxy groups -OCH3 is 2. The highest BCUT2D eigenvalue weighted by atomic mass is 32.2. The Bertz CT molecular complexity index is 838. The van der Waals surface area contributed by atoms with Crippen LogP contribution in [0.3, 0.4) is 0 Å². The standard InChI is InChI=1S/C18H18N2O4S/c1-10-17(21)20-14-8-11(4-7-16(14)25-10)18(22)19-13-9-12(23-2)5-6-15(13)24-3/h4-10H,1-3H3,(H,19,22)(H,20,21)/t10-/m0/s1. The average Bonchev–Trinajstić information content (AvgIpc) is 2.62. The number of fused-ring (bicyclic) bond motifs is 1. The van der Waals surface area contributed by atoms with Crippen LogP contribution in [0.25, 0.3) is 0 Å². The van der Waals surface area contributed by atoms with E-state index in [4.69, 9.17) is 9.47 Å². The minimum atomic E-state index is -0.299. The Morgan fingerprint density at radius 3 is 2.68 bits per heavy atom. The fraction of sp³-hybridized carbons (Fsp3) is 0.222. The van der Waals surface area contributed by atoms with E-state index in [-0.39, 0.29) is 17.1 Å². The van der Waals surface area contributed by atoms with Crippen LogP contribution in [-0.2, 0) is 4.79 Å². The summed E-state index contributed by atoms with van der Waals surface area (Å²) in [5.41, 5.74) is 1.61. The van der Waals surface area contributed by atoms with E-state index in [0.29, 0.717) is 28.4 Å². The molecule has 0 unspecified atom stereocenters. The summed E-state index contributed by atoms with van der Waals surface area (Å²) in [6, 6.07) is 10.4. The van der Waals surface area contributed by atoms with Gasteiger partial charge < -0.3 is 20.1 Å². The third-order valence-electron chi connectivity index (χ3n) is 3.83. The van der Waals surface area contributed by atoms with E-state index in [9.17, 15) is 9.59 Å². The number of ether oxygens (including phenoxy) is 2. The van der Waals surface area contributed by atoms with E-state index in [1.54, 1.807) is 37.4 Å². The number of hydrogen-bond acceptors (Lipinski definition) is 5. The molecule has 1 aliphatic rings. The van der Waals surface area contributed by atoms with Crippen LogP contribution < -0.4 is 20.1 Å². The van der Waals surface area contributed by atoms with Gasteiger partial charge in [-0.2, -0.15) is 0 Å². The molecule has 1 heterocycles. The predicted octanol–water partition coefficient (Wildman–Crippen LogP) is 3.39. The summed E-state index contributed by atoms with van der Waals surface area (Å²) in [5, 5.41) is 5.50. The molecule has 0 radical (unpaired) electrons. The third kappa shape index (κ3) is 3.56. The highest BCUT2D eigenvalue weighted by Gasteiger charge is 2.24. The Morgan fingerprint density at radius 1 is 1.16 bits per heavy atom. The van der Waals surface area contributed by atoms with Gasteiger partial charge in [-0.15, -0.1) is 11.8 Å². The number of nitrogens with one attached hydrogen (secondary N) is 2. The largest absolute Gasteiger partial charge is 0.497 e. The topological polar surface area (TPSA) is 76.7 Å². The van der Waals surface area contributed by atoms with Gasteiger partial charge in [-0.05, 0) is 37.3 Å². The molecule has 1 aliphatic heterocycles. The molecular weight excluding hydrogens is 340 g/mol. The van der Waals surface area contributed by atoms with Crippen molar-refractivity contribution in [1.82, 2.24) is 0 Å². The van der Waals surface area contributed by atoms with Gasteiger partial charge in [0, 0.05) is 16.5 Å². The van der Waals surface area contributed by atoms with E-state index < -0.39 is 0 Å². The first-order chi connectivity index (χ1) is 12.0. The van der Waals surface area contributed by atoms with Crippen LogP contribution in [0.4, 0.5) is 11.4 Å².